The molecule has 0 aliphatic rings. The molecule has 0 aliphatic carbocycles. The lowest BCUT2D eigenvalue weighted by molar-refractivity contribution is 0.931. The molecule has 0 amide bonds. The van der Waals surface area contributed by atoms with Gasteiger partial charge < -0.3 is 5.73 Å². The van der Waals surface area contributed by atoms with Crippen molar-refractivity contribution in [2.24, 2.45) is 5.73 Å². The average Bonchev–Trinajstić information content (AvgIpc) is 2.39. The smallest absolute Gasteiger partial charge is 0.0967 e. The minimum Gasteiger partial charge on any atom is -0.329 e. The average molecular weight is 266 g/mol. The fourth-order valence-corrected chi connectivity index (χ4v) is 2.46. The topological polar surface area (TPSA) is 51.8 Å². The zero-order valence-corrected chi connectivity index (χ0v) is 10.7. The molecule has 2 N–H and O–H groups in total. The summed E-state index contributed by atoms with van der Waals surface area (Å²) in [7, 11) is 0. The molecule has 0 aromatic carbocycles. The highest BCUT2D eigenvalue weighted by molar-refractivity contribution is 7.99. The van der Waals surface area contributed by atoms with Crippen molar-refractivity contribution in [3.8, 4) is 0 Å². The number of pyridine rings is 2. The van der Waals surface area contributed by atoms with Crippen LogP contribution in [0.1, 0.15) is 10.8 Å². The second-order valence-corrected chi connectivity index (χ2v) is 5.10. The Hall–Kier alpha value is -1.10. The molecule has 2 aromatic rings. The maximum atomic E-state index is 5.79. The van der Waals surface area contributed by atoms with Gasteiger partial charge in [-0.15, -0.1) is 0 Å². The highest BCUT2D eigenvalue weighted by atomic mass is 35.5. The number of hydrogen-bond donors (Lipinski definition) is 1. The predicted molar refractivity (Wildman–Crippen MR) is 71.1 cm³/mol. The molecule has 0 saturated heterocycles. The van der Waals surface area contributed by atoms with E-state index in [0.717, 1.165) is 10.6 Å². The van der Waals surface area contributed by atoms with Crippen molar-refractivity contribution in [1.29, 1.82) is 0 Å². The summed E-state index contributed by atoms with van der Waals surface area (Å²) in [5.74, 6) is 0. The van der Waals surface area contributed by atoms with E-state index in [1.807, 2.05) is 24.3 Å². The van der Waals surface area contributed by atoms with Crippen molar-refractivity contribution in [2.75, 3.05) is 6.54 Å². The number of rotatable bonds is 4. The number of aromatic nitrogens is 2. The third-order valence-electron chi connectivity index (χ3n) is 2.26. The van der Waals surface area contributed by atoms with Gasteiger partial charge in [0, 0.05) is 30.4 Å². The molecule has 88 valence electrons. The first-order chi connectivity index (χ1) is 8.29. The Labute approximate surface area is 109 Å². The predicted octanol–water partition coefficient (Wildman–Crippen LogP) is 2.92. The van der Waals surface area contributed by atoms with Crippen LogP contribution in [0.25, 0.3) is 0 Å². The molecule has 0 bridgehead atoms. The Morgan fingerprint density at radius 1 is 1.24 bits per heavy atom. The number of halogens is 1. The van der Waals surface area contributed by atoms with Crippen molar-refractivity contribution in [3.63, 3.8) is 0 Å². The molecule has 0 spiro atoms. The lowest BCUT2D eigenvalue weighted by Crippen LogP contribution is -2.09. The van der Waals surface area contributed by atoms with Gasteiger partial charge in [-0.25, -0.2) is 4.98 Å². The second kappa shape index (κ2) is 6.00. The summed E-state index contributed by atoms with van der Waals surface area (Å²) in [6, 6.07) is 7.68. The third kappa shape index (κ3) is 3.43. The summed E-state index contributed by atoms with van der Waals surface area (Å²) in [6.45, 7) is 0.555. The van der Waals surface area contributed by atoms with Crippen LogP contribution in [0.4, 0.5) is 0 Å². The van der Waals surface area contributed by atoms with Crippen LogP contribution >= 0.6 is 23.4 Å². The Morgan fingerprint density at radius 3 is 2.59 bits per heavy atom. The molecular formula is C12H12ClN3S. The maximum Gasteiger partial charge on any atom is 0.0967 e. The molecule has 1 atom stereocenters. The molecule has 2 heterocycles. The summed E-state index contributed by atoms with van der Waals surface area (Å²) in [4.78, 5) is 8.25. The van der Waals surface area contributed by atoms with Crippen molar-refractivity contribution in [2.45, 2.75) is 10.3 Å². The Kier molecular flexibility index (Phi) is 4.36. The van der Waals surface area contributed by atoms with E-state index in [0.29, 0.717) is 11.6 Å². The second-order valence-electron chi connectivity index (χ2n) is 3.44. The molecule has 17 heavy (non-hydrogen) atoms. The van der Waals surface area contributed by atoms with Gasteiger partial charge in [-0.1, -0.05) is 23.4 Å². The van der Waals surface area contributed by atoms with Crippen LogP contribution in [0, 0.1) is 0 Å². The van der Waals surface area contributed by atoms with E-state index >= 15 is 0 Å². The van der Waals surface area contributed by atoms with Gasteiger partial charge in [-0.3, -0.25) is 4.98 Å². The first-order valence-corrected chi connectivity index (χ1v) is 6.43. The molecule has 0 fully saturated rings. The molecule has 1 unspecified atom stereocenters. The van der Waals surface area contributed by atoms with E-state index in [1.165, 1.54) is 0 Å². The van der Waals surface area contributed by atoms with Gasteiger partial charge in [-0.05, 0) is 29.8 Å². The quantitative estimate of drug-likeness (QED) is 0.864. The highest BCUT2D eigenvalue weighted by Crippen LogP contribution is 2.33. The summed E-state index contributed by atoms with van der Waals surface area (Å²) in [6.07, 6.45) is 5.19. The van der Waals surface area contributed by atoms with Crippen LogP contribution in [0.5, 0.6) is 0 Å². The molecule has 2 rings (SSSR count). The minimum absolute atomic E-state index is 0.187. The number of thioether (sulfide) groups is 1. The monoisotopic (exact) mass is 265 g/mol. The van der Waals surface area contributed by atoms with Crippen molar-refractivity contribution in [3.05, 3.63) is 53.4 Å². The minimum atomic E-state index is 0.187. The van der Waals surface area contributed by atoms with Crippen molar-refractivity contribution >= 4 is 23.4 Å². The Bertz CT molecular complexity index is 461. The normalized spacial score (nSPS) is 12.4. The van der Waals surface area contributed by atoms with Crippen LogP contribution < -0.4 is 5.73 Å². The molecule has 5 heteroatoms. The first kappa shape index (κ1) is 12.4. The highest BCUT2D eigenvalue weighted by Gasteiger charge is 2.11. The van der Waals surface area contributed by atoms with Gasteiger partial charge in [0.05, 0.1) is 10.0 Å². The van der Waals surface area contributed by atoms with E-state index in [2.05, 4.69) is 9.97 Å². The standard InChI is InChI=1S/C12H12ClN3S/c13-10-1-2-12(16-8-10)17-11(7-14)9-3-5-15-6-4-9/h1-6,8,11H,7,14H2. The maximum absolute atomic E-state index is 5.79. The van der Waals surface area contributed by atoms with E-state index in [1.54, 1.807) is 30.4 Å². The zero-order valence-electron chi connectivity index (χ0n) is 9.08. The molecule has 0 aliphatic heterocycles. The fourth-order valence-electron chi connectivity index (χ4n) is 1.41. The number of hydrogen-bond acceptors (Lipinski definition) is 4. The van der Waals surface area contributed by atoms with Crippen LogP contribution in [0.15, 0.2) is 47.9 Å². The van der Waals surface area contributed by atoms with E-state index in [9.17, 15) is 0 Å². The third-order valence-corrected chi connectivity index (χ3v) is 3.71. The SMILES string of the molecule is NCC(Sc1ccc(Cl)cn1)c1ccncc1. The zero-order chi connectivity index (χ0) is 12.1. The lowest BCUT2D eigenvalue weighted by atomic mass is 10.2. The summed E-state index contributed by atoms with van der Waals surface area (Å²) in [5.41, 5.74) is 6.94. The fraction of sp³-hybridized carbons (Fsp3) is 0.167. The molecule has 2 aromatic heterocycles. The van der Waals surface area contributed by atoms with Crippen LogP contribution in [-0.2, 0) is 0 Å². The van der Waals surface area contributed by atoms with Gasteiger partial charge >= 0.3 is 0 Å². The summed E-state index contributed by atoms with van der Waals surface area (Å²) < 4.78 is 0. The van der Waals surface area contributed by atoms with Crippen LogP contribution in [0.3, 0.4) is 0 Å². The van der Waals surface area contributed by atoms with Crippen LogP contribution in [0.2, 0.25) is 5.02 Å². The molecular weight excluding hydrogens is 254 g/mol. The Morgan fingerprint density at radius 2 is 2.00 bits per heavy atom. The molecule has 0 radical (unpaired) electrons. The van der Waals surface area contributed by atoms with Gasteiger partial charge in [-0.2, -0.15) is 0 Å². The van der Waals surface area contributed by atoms with Crippen LogP contribution in [-0.4, -0.2) is 16.5 Å². The van der Waals surface area contributed by atoms with Crippen molar-refractivity contribution in [1.82, 2.24) is 9.97 Å². The first-order valence-electron chi connectivity index (χ1n) is 5.18. The van der Waals surface area contributed by atoms with E-state index in [4.69, 9.17) is 17.3 Å². The summed E-state index contributed by atoms with van der Waals surface area (Å²) in [5, 5.41) is 1.75. The Balaban J connectivity index is 2.13. The number of nitrogens with two attached hydrogens (primary N) is 1. The lowest BCUT2D eigenvalue weighted by Gasteiger charge is -2.13. The molecule has 3 nitrogen and oxygen atoms in total. The van der Waals surface area contributed by atoms with Gasteiger partial charge in [0.25, 0.3) is 0 Å². The largest absolute Gasteiger partial charge is 0.329 e. The van der Waals surface area contributed by atoms with E-state index < -0.39 is 0 Å². The van der Waals surface area contributed by atoms with Crippen molar-refractivity contribution < 1.29 is 0 Å². The van der Waals surface area contributed by atoms with Gasteiger partial charge in [0.1, 0.15) is 0 Å². The number of nitrogens with zero attached hydrogens (tertiary/aromatic N) is 2. The summed E-state index contributed by atoms with van der Waals surface area (Å²) >= 11 is 7.42. The van der Waals surface area contributed by atoms with Gasteiger partial charge in [0.2, 0.25) is 0 Å². The molecule has 0 saturated carbocycles. The van der Waals surface area contributed by atoms with Gasteiger partial charge in [0.15, 0.2) is 0 Å². The van der Waals surface area contributed by atoms with E-state index in [-0.39, 0.29) is 5.25 Å².